The molecule has 5 nitrogen and oxygen atoms in total. The first-order valence-corrected chi connectivity index (χ1v) is 7.12. The van der Waals surface area contributed by atoms with Gasteiger partial charge in [-0.3, -0.25) is 4.72 Å². The molecule has 0 heterocycles. The Hall–Kier alpha value is -1.92. The number of hydrogen-bond acceptors (Lipinski definition) is 4. The third kappa shape index (κ3) is 2.91. The van der Waals surface area contributed by atoms with Crippen LogP contribution in [0.15, 0.2) is 47.4 Å². The van der Waals surface area contributed by atoms with Crippen molar-refractivity contribution in [2.75, 3.05) is 10.5 Å². The van der Waals surface area contributed by atoms with Crippen molar-refractivity contribution in [3.8, 4) is 5.75 Å². The fourth-order valence-electron chi connectivity index (χ4n) is 1.51. The van der Waals surface area contributed by atoms with Gasteiger partial charge in [0, 0.05) is 6.07 Å². The van der Waals surface area contributed by atoms with Crippen molar-refractivity contribution < 1.29 is 13.5 Å². The summed E-state index contributed by atoms with van der Waals surface area (Å²) in [4.78, 5) is -0.0378. The lowest BCUT2D eigenvalue weighted by Gasteiger charge is -2.11. The average Bonchev–Trinajstić information content (AvgIpc) is 2.33. The Balaban J connectivity index is 2.40. The quantitative estimate of drug-likeness (QED) is 0.599. The summed E-state index contributed by atoms with van der Waals surface area (Å²) in [5.41, 5.74) is 5.92. The van der Waals surface area contributed by atoms with Crippen molar-refractivity contribution in [1.29, 1.82) is 0 Å². The van der Waals surface area contributed by atoms with Crippen LogP contribution in [-0.4, -0.2) is 13.5 Å². The zero-order valence-corrected chi connectivity index (χ0v) is 11.2. The van der Waals surface area contributed by atoms with Crippen LogP contribution in [0.2, 0.25) is 5.02 Å². The van der Waals surface area contributed by atoms with E-state index in [1.54, 1.807) is 12.1 Å². The summed E-state index contributed by atoms with van der Waals surface area (Å²) in [6.45, 7) is 0. The van der Waals surface area contributed by atoms with Crippen LogP contribution in [0.1, 0.15) is 0 Å². The number of nitrogens with one attached hydrogen (secondary N) is 1. The maximum absolute atomic E-state index is 12.1. The van der Waals surface area contributed by atoms with Gasteiger partial charge in [-0.2, -0.15) is 0 Å². The highest BCUT2D eigenvalue weighted by Crippen LogP contribution is 2.28. The van der Waals surface area contributed by atoms with Gasteiger partial charge in [-0.1, -0.05) is 23.7 Å². The number of rotatable bonds is 3. The molecule has 0 bridgehead atoms. The molecule has 0 aliphatic rings. The summed E-state index contributed by atoms with van der Waals surface area (Å²) < 4.78 is 26.6. The van der Waals surface area contributed by atoms with E-state index in [0.29, 0.717) is 0 Å². The minimum atomic E-state index is -3.82. The Bertz CT molecular complexity index is 717. The number of phenols is 1. The van der Waals surface area contributed by atoms with E-state index in [2.05, 4.69) is 4.72 Å². The van der Waals surface area contributed by atoms with E-state index < -0.39 is 10.0 Å². The summed E-state index contributed by atoms with van der Waals surface area (Å²) in [7, 11) is -3.82. The first-order valence-electron chi connectivity index (χ1n) is 5.26. The van der Waals surface area contributed by atoms with E-state index in [0.717, 1.165) is 0 Å². The minimum Gasteiger partial charge on any atom is -0.508 e. The van der Waals surface area contributed by atoms with Gasteiger partial charge in [0.2, 0.25) is 0 Å². The standard InChI is InChI=1S/C12H11ClN2O3S/c13-9-3-1-2-4-12(9)19(17,18)15-11-6-5-8(16)7-10(11)14/h1-7,15-16H,14H2. The lowest BCUT2D eigenvalue weighted by molar-refractivity contribution is 0.475. The number of phenolic OH excluding ortho intramolecular Hbond substituents is 1. The minimum absolute atomic E-state index is 0.0378. The van der Waals surface area contributed by atoms with Gasteiger partial charge in [0.15, 0.2) is 0 Å². The second-order valence-electron chi connectivity index (χ2n) is 3.81. The molecule has 0 saturated carbocycles. The molecule has 7 heteroatoms. The third-order valence-electron chi connectivity index (χ3n) is 2.41. The molecule has 0 unspecified atom stereocenters. The van der Waals surface area contributed by atoms with Crippen molar-refractivity contribution in [3.63, 3.8) is 0 Å². The second-order valence-corrected chi connectivity index (χ2v) is 5.87. The summed E-state index contributed by atoms with van der Waals surface area (Å²) in [6, 6.07) is 10.0. The summed E-state index contributed by atoms with van der Waals surface area (Å²) in [6.07, 6.45) is 0. The number of nitrogens with two attached hydrogens (primary N) is 1. The van der Waals surface area contributed by atoms with Gasteiger partial charge in [-0.15, -0.1) is 0 Å². The number of benzene rings is 2. The van der Waals surface area contributed by atoms with Crippen molar-refractivity contribution in [3.05, 3.63) is 47.5 Å². The number of anilines is 2. The second kappa shape index (κ2) is 4.99. The molecule has 2 aromatic rings. The normalized spacial score (nSPS) is 11.2. The van der Waals surface area contributed by atoms with Gasteiger partial charge < -0.3 is 10.8 Å². The molecule has 19 heavy (non-hydrogen) atoms. The van der Waals surface area contributed by atoms with Crippen LogP contribution >= 0.6 is 11.6 Å². The zero-order chi connectivity index (χ0) is 14.0. The van der Waals surface area contributed by atoms with Crippen molar-refractivity contribution in [2.24, 2.45) is 0 Å². The highest BCUT2D eigenvalue weighted by Gasteiger charge is 2.18. The van der Waals surface area contributed by atoms with Crippen LogP contribution in [0, 0.1) is 0 Å². The molecule has 0 aliphatic carbocycles. The third-order valence-corrected chi connectivity index (χ3v) is 4.27. The van der Waals surface area contributed by atoms with Crippen LogP contribution < -0.4 is 10.5 Å². The SMILES string of the molecule is Nc1cc(O)ccc1NS(=O)(=O)c1ccccc1Cl. The van der Waals surface area contributed by atoms with Crippen molar-refractivity contribution in [1.82, 2.24) is 0 Å². The Morgan fingerprint density at radius 1 is 1.16 bits per heavy atom. The van der Waals surface area contributed by atoms with Crippen LogP contribution in [0.3, 0.4) is 0 Å². The van der Waals surface area contributed by atoms with E-state index in [4.69, 9.17) is 17.3 Å². The van der Waals surface area contributed by atoms with Gasteiger partial charge >= 0.3 is 0 Å². The Morgan fingerprint density at radius 2 is 1.84 bits per heavy atom. The highest BCUT2D eigenvalue weighted by atomic mass is 35.5. The van der Waals surface area contributed by atoms with E-state index in [1.165, 1.54) is 30.3 Å². The number of halogens is 1. The van der Waals surface area contributed by atoms with Crippen molar-refractivity contribution >= 4 is 33.0 Å². The zero-order valence-electron chi connectivity index (χ0n) is 9.67. The molecule has 0 fully saturated rings. The molecule has 0 saturated heterocycles. The van der Waals surface area contributed by atoms with Gasteiger partial charge in [0.25, 0.3) is 10.0 Å². The van der Waals surface area contributed by atoms with Gasteiger partial charge in [0.1, 0.15) is 10.6 Å². The largest absolute Gasteiger partial charge is 0.508 e. The predicted octanol–water partition coefficient (Wildman–Crippen LogP) is 2.43. The maximum atomic E-state index is 12.1. The van der Waals surface area contributed by atoms with Gasteiger partial charge in [0.05, 0.1) is 16.4 Å². The molecule has 100 valence electrons. The first-order chi connectivity index (χ1) is 8.90. The highest BCUT2D eigenvalue weighted by molar-refractivity contribution is 7.92. The van der Waals surface area contributed by atoms with E-state index in [9.17, 15) is 13.5 Å². The molecular formula is C12H11ClN2O3S. The molecule has 0 aliphatic heterocycles. The maximum Gasteiger partial charge on any atom is 0.263 e. The van der Waals surface area contributed by atoms with Gasteiger partial charge in [-0.25, -0.2) is 8.42 Å². The summed E-state index contributed by atoms with van der Waals surface area (Å²) >= 11 is 5.85. The fraction of sp³-hybridized carbons (Fsp3) is 0. The summed E-state index contributed by atoms with van der Waals surface area (Å²) in [5, 5.41) is 9.34. The fourth-order valence-corrected chi connectivity index (χ4v) is 3.11. The van der Waals surface area contributed by atoms with E-state index in [-0.39, 0.29) is 27.0 Å². The molecule has 0 radical (unpaired) electrons. The Morgan fingerprint density at radius 3 is 2.47 bits per heavy atom. The van der Waals surface area contributed by atoms with Crippen molar-refractivity contribution in [2.45, 2.75) is 4.90 Å². The average molecular weight is 299 g/mol. The Kier molecular flexibility index (Phi) is 3.55. The number of nitrogen functional groups attached to an aromatic ring is 1. The van der Waals surface area contributed by atoms with Crippen LogP contribution in [0.5, 0.6) is 5.75 Å². The van der Waals surface area contributed by atoms with Crippen LogP contribution in [-0.2, 0) is 10.0 Å². The lowest BCUT2D eigenvalue weighted by atomic mass is 10.2. The van der Waals surface area contributed by atoms with Crippen LogP contribution in [0.25, 0.3) is 0 Å². The molecule has 0 atom stereocenters. The topological polar surface area (TPSA) is 92.4 Å². The smallest absolute Gasteiger partial charge is 0.263 e. The predicted molar refractivity (Wildman–Crippen MR) is 74.8 cm³/mol. The lowest BCUT2D eigenvalue weighted by Crippen LogP contribution is -2.14. The molecule has 0 spiro atoms. The molecule has 0 aromatic heterocycles. The summed E-state index contributed by atoms with van der Waals surface area (Å²) in [5.74, 6) is -0.0433. The molecule has 0 amide bonds. The first kappa shape index (κ1) is 13.5. The van der Waals surface area contributed by atoms with Crippen LogP contribution in [0.4, 0.5) is 11.4 Å². The number of hydrogen-bond donors (Lipinski definition) is 3. The Labute approximate surface area is 115 Å². The molecule has 4 N–H and O–H groups in total. The number of aromatic hydroxyl groups is 1. The molecule has 2 aromatic carbocycles. The molecule has 2 rings (SSSR count). The monoisotopic (exact) mass is 298 g/mol. The number of sulfonamides is 1. The van der Waals surface area contributed by atoms with Gasteiger partial charge in [-0.05, 0) is 24.3 Å². The van der Waals surface area contributed by atoms with E-state index >= 15 is 0 Å². The molecular weight excluding hydrogens is 288 g/mol. The van der Waals surface area contributed by atoms with E-state index in [1.807, 2.05) is 0 Å².